The van der Waals surface area contributed by atoms with E-state index in [1.54, 1.807) is 0 Å². The van der Waals surface area contributed by atoms with Crippen LogP contribution in [0.15, 0.2) is 24.3 Å². The fourth-order valence-corrected chi connectivity index (χ4v) is 3.14. The zero-order valence-corrected chi connectivity index (χ0v) is 18.7. The summed E-state index contributed by atoms with van der Waals surface area (Å²) in [6.45, 7) is 8.91. The van der Waals surface area contributed by atoms with Crippen LogP contribution in [0.25, 0.3) is 0 Å². The lowest BCUT2D eigenvalue weighted by Crippen LogP contribution is -2.27. The number of unbranched alkanes of at least 4 members (excludes halogenated alkanes) is 2. The van der Waals surface area contributed by atoms with Gasteiger partial charge in [0, 0.05) is 23.2 Å². The number of primary amides is 2. The molecule has 1 aromatic rings. The van der Waals surface area contributed by atoms with Crippen molar-refractivity contribution in [3.05, 3.63) is 35.4 Å². The van der Waals surface area contributed by atoms with E-state index in [4.69, 9.17) is 22.9 Å². The third kappa shape index (κ3) is 11.6. The van der Waals surface area contributed by atoms with Crippen LogP contribution in [0.3, 0.4) is 0 Å². The Hall–Kier alpha value is -1.92. The average Bonchev–Trinajstić information content (AvgIpc) is 2.72. The lowest BCUT2D eigenvalue weighted by Gasteiger charge is -2.19. The number of nitrogens with two attached hydrogens (primary N) is 4. The van der Waals surface area contributed by atoms with Crippen molar-refractivity contribution in [2.75, 3.05) is 0 Å². The van der Waals surface area contributed by atoms with E-state index in [0.717, 1.165) is 12.8 Å². The maximum atomic E-state index is 10.6. The van der Waals surface area contributed by atoms with E-state index in [9.17, 15) is 9.59 Å². The van der Waals surface area contributed by atoms with Crippen molar-refractivity contribution in [2.45, 2.75) is 84.7 Å². The van der Waals surface area contributed by atoms with E-state index >= 15 is 0 Å². The summed E-state index contributed by atoms with van der Waals surface area (Å²) >= 11 is 0. The molecule has 6 nitrogen and oxygen atoms in total. The molecule has 0 fully saturated rings. The molecule has 0 saturated heterocycles. The summed E-state index contributed by atoms with van der Waals surface area (Å²) in [5.74, 6) is 0.308. The normalized spacial score (nSPS) is 14.8. The summed E-state index contributed by atoms with van der Waals surface area (Å²) in [4.78, 5) is 21.2. The van der Waals surface area contributed by atoms with E-state index in [1.807, 2.05) is 0 Å². The molecular formula is C23H42N4O2. The molecule has 0 aromatic heterocycles. The topological polar surface area (TPSA) is 138 Å². The third-order valence-corrected chi connectivity index (χ3v) is 5.68. The molecule has 0 aliphatic carbocycles. The highest BCUT2D eigenvalue weighted by molar-refractivity contribution is 5.96. The largest absolute Gasteiger partial charge is 0.366 e. The van der Waals surface area contributed by atoms with Gasteiger partial charge in [-0.15, -0.1) is 0 Å². The molecule has 4 unspecified atom stereocenters. The van der Waals surface area contributed by atoms with Crippen molar-refractivity contribution in [1.29, 1.82) is 0 Å². The standard InChI is InChI=1S/C15H34N2.C8H8N2O2/c1-5-14(16)12(3)10-8-7-9-11-13(4)15(17)6-2;9-7(11)5-1-2-6(4-3-5)8(10)12/h12-15H,5-11,16-17H2,1-4H3;1-4H,(H2,9,11)(H2,10,12). The number of hydrogen-bond donors (Lipinski definition) is 4. The number of amides is 2. The minimum Gasteiger partial charge on any atom is -0.366 e. The zero-order valence-electron chi connectivity index (χ0n) is 18.7. The van der Waals surface area contributed by atoms with Crippen LogP contribution < -0.4 is 22.9 Å². The van der Waals surface area contributed by atoms with Crippen LogP contribution in [-0.2, 0) is 0 Å². The summed E-state index contributed by atoms with van der Waals surface area (Å²) in [6, 6.07) is 6.63. The Morgan fingerprint density at radius 2 is 1.03 bits per heavy atom. The van der Waals surface area contributed by atoms with Gasteiger partial charge in [-0.3, -0.25) is 9.59 Å². The van der Waals surface area contributed by atoms with E-state index in [2.05, 4.69) is 27.7 Å². The van der Waals surface area contributed by atoms with Crippen LogP contribution in [-0.4, -0.2) is 23.9 Å². The Morgan fingerprint density at radius 1 is 0.724 bits per heavy atom. The first-order valence-corrected chi connectivity index (χ1v) is 10.8. The fraction of sp³-hybridized carbons (Fsp3) is 0.652. The van der Waals surface area contributed by atoms with Crippen LogP contribution in [0.2, 0.25) is 0 Å². The van der Waals surface area contributed by atoms with Gasteiger partial charge in [-0.05, 0) is 61.8 Å². The zero-order chi connectivity index (χ0) is 22.4. The highest BCUT2D eigenvalue weighted by Crippen LogP contribution is 2.18. The molecule has 166 valence electrons. The molecule has 29 heavy (non-hydrogen) atoms. The van der Waals surface area contributed by atoms with Gasteiger partial charge in [0.25, 0.3) is 0 Å². The molecule has 1 aromatic carbocycles. The minimum absolute atomic E-state index is 0.361. The van der Waals surface area contributed by atoms with Gasteiger partial charge >= 0.3 is 0 Å². The molecule has 0 aliphatic heterocycles. The van der Waals surface area contributed by atoms with Crippen LogP contribution in [0.5, 0.6) is 0 Å². The van der Waals surface area contributed by atoms with Crippen molar-refractivity contribution in [2.24, 2.45) is 34.8 Å². The van der Waals surface area contributed by atoms with Crippen molar-refractivity contribution >= 4 is 11.8 Å². The quantitative estimate of drug-likeness (QED) is 0.394. The lowest BCUT2D eigenvalue weighted by molar-refractivity contribution is 0.0988. The van der Waals surface area contributed by atoms with E-state index in [0.29, 0.717) is 35.0 Å². The predicted molar refractivity (Wildman–Crippen MR) is 121 cm³/mol. The summed E-state index contributed by atoms with van der Waals surface area (Å²) in [7, 11) is 0. The van der Waals surface area contributed by atoms with Crippen LogP contribution in [0, 0.1) is 11.8 Å². The molecular weight excluding hydrogens is 364 g/mol. The minimum atomic E-state index is -0.522. The number of benzene rings is 1. The van der Waals surface area contributed by atoms with Crippen molar-refractivity contribution in [3.63, 3.8) is 0 Å². The van der Waals surface area contributed by atoms with Gasteiger partial charge in [0.1, 0.15) is 0 Å². The summed E-state index contributed by atoms with van der Waals surface area (Å²) in [5, 5.41) is 0. The Bertz CT molecular complexity index is 538. The number of hydrogen-bond acceptors (Lipinski definition) is 4. The number of carbonyl (C=O) groups excluding carboxylic acids is 2. The van der Waals surface area contributed by atoms with E-state index < -0.39 is 11.8 Å². The number of carbonyl (C=O) groups is 2. The van der Waals surface area contributed by atoms with Crippen LogP contribution >= 0.6 is 0 Å². The summed E-state index contributed by atoms with van der Waals surface area (Å²) in [6.07, 6.45) is 8.74. The van der Waals surface area contributed by atoms with Gasteiger partial charge in [-0.1, -0.05) is 47.0 Å². The molecule has 2 amide bonds. The molecule has 0 saturated carbocycles. The molecule has 6 heteroatoms. The van der Waals surface area contributed by atoms with E-state index in [1.165, 1.54) is 56.4 Å². The highest BCUT2D eigenvalue weighted by Gasteiger charge is 2.11. The maximum absolute atomic E-state index is 10.6. The van der Waals surface area contributed by atoms with Crippen molar-refractivity contribution in [3.8, 4) is 0 Å². The van der Waals surface area contributed by atoms with Gasteiger partial charge in [-0.2, -0.15) is 0 Å². The van der Waals surface area contributed by atoms with Gasteiger partial charge in [0.15, 0.2) is 0 Å². The Morgan fingerprint density at radius 3 is 1.28 bits per heavy atom. The summed E-state index contributed by atoms with van der Waals surface area (Å²) < 4.78 is 0. The highest BCUT2D eigenvalue weighted by atomic mass is 16.1. The van der Waals surface area contributed by atoms with E-state index in [-0.39, 0.29) is 0 Å². The molecule has 1 rings (SSSR count). The van der Waals surface area contributed by atoms with Gasteiger partial charge in [-0.25, -0.2) is 0 Å². The smallest absolute Gasteiger partial charge is 0.248 e. The molecule has 0 heterocycles. The second-order valence-electron chi connectivity index (χ2n) is 8.04. The monoisotopic (exact) mass is 406 g/mol. The molecule has 0 bridgehead atoms. The Balaban J connectivity index is 0.000000571. The molecule has 0 radical (unpaired) electrons. The van der Waals surface area contributed by atoms with Crippen LogP contribution in [0.4, 0.5) is 0 Å². The van der Waals surface area contributed by atoms with Crippen LogP contribution in [0.1, 0.15) is 93.4 Å². The van der Waals surface area contributed by atoms with Crippen molar-refractivity contribution in [1.82, 2.24) is 0 Å². The molecule has 0 spiro atoms. The predicted octanol–water partition coefficient (Wildman–Crippen LogP) is 3.57. The lowest BCUT2D eigenvalue weighted by atomic mass is 9.91. The molecule has 8 N–H and O–H groups in total. The second-order valence-corrected chi connectivity index (χ2v) is 8.04. The van der Waals surface area contributed by atoms with Gasteiger partial charge in [0.05, 0.1) is 0 Å². The molecule has 0 aliphatic rings. The van der Waals surface area contributed by atoms with Gasteiger partial charge < -0.3 is 22.9 Å². The molecule has 4 atom stereocenters. The first kappa shape index (κ1) is 27.1. The Labute approximate surface area is 176 Å². The third-order valence-electron chi connectivity index (χ3n) is 5.68. The maximum Gasteiger partial charge on any atom is 0.248 e. The first-order valence-electron chi connectivity index (χ1n) is 10.8. The fourth-order valence-electron chi connectivity index (χ4n) is 3.14. The summed E-state index contributed by atoms with van der Waals surface area (Å²) in [5.41, 5.74) is 22.7. The second kappa shape index (κ2) is 15.0. The average molecular weight is 407 g/mol. The Kier molecular flexibility index (Phi) is 14.0. The SMILES string of the molecule is CCC(N)C(C)CCCCCC(C)C(N)CC.NC(=O)c1ccc(C(N)=O)cc1. The number of rotatable bonds is 12. The first-order chi connectivity index (χ1) is 13.6. The van der Waals surface area contributed by atoms with Crippen molar-refractivity contribution < 1.29 is 9.59 Å². The van der Waals surface area contributed by atoms with Gasteiger partial charge in [0.2, 0.25) is 11.8 Å².